The minimum atomic E-state index is -0.382. The minimum Gasteiger partial charge on any atom is -0.466 e. The Balaban J connectivity index is 2.42. The van der Waals surface area contributed by atoms with E-state index in [0.717, 1.165) is 16.7 Å². The van der Waals surface area contributed by atoms with E-state index in [-0.39, 0.29) is 17.8 Å². The van der Waals surface area contributed by atoms with Gasteiger partial charge in [-0.05, 0) is 25.0 Å². The fraction of sp³-hybridized carbons (Fsp3) is 0.316. The molecule has 0 saturated carbocycles. The molecule has 0 aliphatic heterocycles. The smallest absolute Gasteiger partial charge is 0.314 e. The van der Waals surface area contributed by atoms with Gasteiger partial charge in [-0.25, -0.2) is 0 Å². The maximum Gasteiger partial charge on any atom is 0.314 e. The number of nitrogens with two attached hydrogens (primary N) is 1. The van der Waals surface area contributed by atoms with Crippen LogP contribution in [0.1, 0.15) is 35.4 Å². The van der Waals surface area contributed by atoms with E-state index in [4.69, 9.17) is 10.5 Å². The molecule has 2 aromatic carbocycles. The van der Waals surface area contributed by atoms with Crippen molar-refractivity contribution in [3.8, 4) is 0 Å². The standard InChI is InChI=1S/C19H23NO2/c1-3-22-19(21)18(16-11-9-14(2)10-12-16)17(13-20)15-7-5-4-6-8-15/h4-12,17-18H,3,13,20H2,1-2H3. The maximum absolute atomic E-state index is 12.5. The molecule has 2 N–H and O–H groups in total. The van der Waals surface area contributed by atoms with E-state index in [9.17, 15) is 4.79 Å². The molecule has 22 heavy (non-hydrogen) atoms. The van der Waals surface area contributed by atoms with Crippen LogP contribution in [0.3, 0.4) is 0 Å². The summed E-state index contributed by atoms with van der Waals surface area (Å²) in [6.07, 6.45) is 0. The first kappa shape index (κ1) is 16.2. The SMILES string of the molecule is CCOC(=O)C(c1ccc(C)cc1)C(CN)c1ccccc1. The van der Waals surface area contributed by atoms with Crippen molar-refractivity contribution in [3.63, 3.8) is 0 Å². The predicted octanol–water partition coefficient (Wildman–Crippen LogP) is 3.38. The molecule has 0 aliphatic rings. The molecule has 0 bridgehead atoms. The highest BCUT2D eigenvalue weighted by Crippen LogP contribution is 2.33. The average molecular weight is 297 g/mol. The van der Waals surface area contributed by atoms with Crippen molar-refractivity contribution in [1.29, 1.82) is 0 Å². The second-order valence-electron chi connectivity index (χ2n) is 5.39. The third-order valence-corrected chi connectivity index (χ3v) is 3.86. The van der Waals surface area contributed by atoms with Gasteiger partial charge in [0.05, 0.1) is 12.5 Å². The number of aryl methyl sites for hydroxylation is 1. The van der Waals surface area contributed by atoms with Gasteiger partial charge < -0.3 is 10.5 Å². The van der Waals surface area contributed by atoms with Crippen LogP contribution in [-0.4, -0.2) is 19.1 Å². The van der Waals surface area contributed by atoms with Gasteiger partial charge in [-0.15, -0.1) is 0 Å². The summed E-state index contributed by atoms with van der Waals surface area (Å²) in [6.45, 7) is 4.61. The molecule has 0 aliphatic carbocycles. The predicted molar refractivity (Wildman–Crippen MR) is 88.8 cm³/mol. The molecule has 3 nitrogen and oxygen atoms in total. The zero-order valence-corrected chi connectivity index (χ0v) is 13.2. The number of esters is 1. The van der Waals surface area contributed by atoms with Gasteiger partial charge >= 0.3 is 5.97 Å². The number of ether oxygens (including phenoxy) is 1. The third kappa shape index (κ3) is 3.74. The quantitative estimate of drug-likeness (QED) is 0.832. The molecule has 0 amide bonds. The van der Waals surface area contributed by atoms with Crippen LogP contribution in [0.2, 0.25) is 0 Å². The number of benzene rings is 2. The van der Waals surface area contributed by atoms with Crippen molar-refractivity contribution in [2.45, 2.75) is 25.7 Å². The molecule has 0 heterocycles. The molecule has 0 saturated heterocycles. The normalized spacial score (nSPS) is 13.4. The Labute approximate surface area is 132 Å². The van der Waals surface area contributed by atoms with Gasteiger partial charge in [0.25, 0.3) is 0 Å². The van der Waals surface area contributed by atoms with E-state index in [1.54, 1.807) is 0 Å². The van der Waals surface area contributed by atoms with Crippen LogP contribution < -0.4 is 5.73 Å². The number of carbonyl (C=O) groups is 1. The monoisotopic (exact) mass is 297 g/mol. The lowest BCUT2D eigenvalue weighted by atomic mass is 9.81. The topological polar surface area (TPSA) is 52.3 Å². The van der Waals surface area contributed by atoms with Crippen molar-refractivity contribution in [2.24, 2.45) is 5.73 Å². The Kier molecular flexibility index (Phi) is 5.73. The Morgan fingerprint density at radius 3 is 2.23 bits per heavy atom. The molecule has 0 fully saturated rings. The number of carbonyl (C=O) groups excluding carboxylic acids is 1. The molecule has 2 aromatic rings. The highest BCUT2D eigenvalue weighted by molar-refractivity contribution is 5.79. The summed E-state index contributed by atoms with van der Waals surface area (Å²) in [7, 11) is 0. The molecular weight excluding hydrogens is 274 g/mol. The lowest BCUT2D eigenvalue weighted by Gasteiger charge is -2.25. The lowest BCUT2D eigenvalue weighted by Crippen LogP contribution is -2.28. The van der Waals surface area contributed by atoms with Gasteiger partial charge in [-0.2, -0.15) is 0 Å². The zero-order chi connectivity index (χ0) is 15.9. The lowest BCUT2D eigenvalue weighted by molar-refractivity contribution is -0.145. The van der Waals surface area contributed by atoms with Gasteiger partial charge in [0.2, 0.25) is 0 Å². The van der Waals surface area contributed by atoms with Crippen LogP contribution in [0, 0.1) is 6.92 Å². The van der Waals surface area contributed by atoms with Gasteiger partial charge in [0.1, 0.15) is 0 Å². The average Bonchev–Trinajstić information content (AvgIpc) is 2.54. The number of rotatable bonds is 6. The minimum absolute atomic E-state index is 0.0945. The van der Waals surface area contributed by atoms with E-state index in [1.165, 1.54) is 0 Å². The zero-order valence-electron chi connectivity index (χ0n) is 13.2. The highest BCUT2D eigenvalue weighted by Gasteiger charge is 2.31. The first-order chi connectivity index (χ1) is 10.7. The summed E-state index contributed by atoms with van der Waals surface area (Å²) >= 11 is 0. The van der Waals surface area contributed by atoms with Crippen molar-refractivity contribution in [3.05, 3.63) is 71.3 Å². The van der Waals surface area contributed by atoms with Gasteiger partial charge in [-0.3, -0.25) is 4.79 Å². The summed E-state index contributed by atoms with van der Waals surface area (Å²) in [5.41, 5.74) is 9.17. The van der Waals surface area contributed by atoms with Crippen LogP contribution in [0.5, 0.6) is 0 Å². The van der Waals surface area contributed by atoms with E-state index in [2.05, 4.69) is 0 Å². The van der Waals surface area contributed by atoms with Gasteiger partial charge in [-0.1, -0.05) is 60.2 Å². The molecular formula is C19H23NO2. The summed E-state index contributed by atoms with van der Waals surface area (Å²) in [5.74, 6) is -0.693. The molecule has 0 spiro atoms. The number of hydrogen-bond donors (Lipinski definition) is 1. The fourth-order valence-corrected chi connectivity index (χ4v) is 2.70. The Morgan fingerprint density at radius 1 is 1.05 bits per heavy atom. The van der Waals surface area contributed by atoms with Crippen molar-refractivity contribution in [2.75, 3.05) is 13.2 Å². The van der Waals surface area contributed by atoms with Gasteiger partial charge in [0, 0.05) is 12.5 Å². The molecule has 0 radical (unpaired) electrons. The van der Waals surface area contributed by atoms with E-state index >= 15 is 0 Å². The summed E-state index contributed by atoms with van der Waals surface area (Å²) in [4.78, 5) is 12.5. The van der Waals surface area contributed by atoms with Crippen LogP contribution in [-0.2, 0) is 9.53 Å². The summed E-state index contributed by atoms with van der Waals surface area (Å²) in [6, 6.07) is 17.9. The molecule has 2 rings (SSSR count). The van der Waals surface area contributed by atoms with E-state index in [1.807, 2.05) is 68.4 Å². The molecule has 3 heteroatoms. The molecule has 0 aromatic heterocycles. The molecule has 2 unspecified atom stereocenters. The second-order valence-corrected chi connectivity index (χ2v) is 5.39. The van der Waals surface area contributed by atoms with Crippen molar-refractivity contribution in [1.82, 2.24) is 0 Å². The largest absolute Gasteiger partial charge is 0.466 e. The van der Waals surface area contributed by atoms with Crippen molar-refractivity contribution >= 4 is 5.97 Å². The Hall–Kier alpha value is -2.13. The van der Waals surface area contributed by atoms with Gasteiger partial charge in [0.15, 0.2) is 0 Å². The molecule has 2 atom stereocenters. The summed E-state index contributed by atoms with van der Waals surface area (Å²) < 4.78 is 5.30. The van der Waals surface area contributed by atoms with Crippen LogP contribution in [0.15, 0.2) is 54.6 Å². The van der Waals surface area contributed by atoms with Crippen molar-refractivity contribution < 1.29 is 9.53 Å². The first-order valence-corrected chi connectivity index (χ1v) is 7.65. The third-order valence-electron chi connectivity index (χ3n) is 3.86. The highest BCUT2D eigenvalue weighted by atomic mass is 16.5. The van der Waals surface area contributed by atoms with Crippen LogP contribution in [0.4, 0.5) is 0 Å². The number of hydrogen-bond acceptors (Lipinski definition) is 3. The first-order valence-electron chi connectivity index (χ1n) is 7.65. The van der Waals surface area contributed by atoms with Crippen LogP contribution in [0.25, 0.3) is 0 Å². The van der Waals surface area contributed by atoms with E-state index < -0.39 is 0 Å². The second kappa shape index (κ2) is 7.76. The van der Waals surface area contributed by atoms with Crippen LogP contribution >= 0.6 is 0 Å². The fourth-order valence-electron chi connectivity index (χ4n) is 2.70. The molecule has 116 valence electrons. The van der Waals surface area contributed by atoms with E-state index in [0.29, 0.717) is 13.2 Å². The Bertz CT molecular complexity index is 593. The Morgan fingerprint density at radius 2 is 1.68 bits per heavy atom. The maximum atomic E-state index is 12.5. The summed E-state index contributed by atoms with van der Waals surface area (Å²) in [5, 5.41) is 0.